The van der Waals surface area contributed by atoms with Crippen molar-refractivity contribution in [2.75, 3.05) is 0 Å². The fraction of sp³-hybridized carbons (Fsp3) is 0.0769. The zero-order valence-corrected chi connectivity index (χ0v) is 9.02. The van der Waals surface area contributed by atoms with Crippen LogP contribution >= 0.6 is 0 Å². The van der Waals surface area contributed by atoms with Gasteiger partial charge in [-0.15, -0.1) is 4.91 Å². The van der Waals surface area contributed by atoms with Gasteiger partial charge in [-0.05, 0) is 22.9 Å². The lowest BCUT2D eigenvalue weighted by Gasteiger charge is -2.21. The quantitative estimate of drug-likeness (QED) is 0.724. The lowest BCUT2D eigenvalue weighted by atomic mass is 10.1. The van der Waals surface area contributed by atoms with E-state index >= 15 is 0 Å². The number of nitroso groups, excluding NO2 is 1. The first kappa shape index (κ1) is 9.96. The van der Waals surface area contributed by atoms with E-state index in [1.807, 2.05) is 54.8 Å². The third-order valence-corrected chi connectivity index (χ3v) is 2.78. The maximum absolute atomic E-state index is 11.0. The maximum atomic E-state index is 11.0. The molecule has 2 aliphatic rings. The first-order valence-corrected chi connectivity index (χ1v) is 5.37. The molecule has 4 nitrogen and oxygen atoms in total. The summed E-state index contributed by atoms with van der Waals surface area (Å²) in [6.45, 7) is 0. The van der Waals surface area contributed by atoms with Gasteiger partial charge in [0.1, 0.15) is 5.84 Å². The molecule has 0 aromatic heterocycles. The van der Waals surface area contributed by atoms with Gasteiger partial charge < -0.3 is 4.90 Å². The number of allylic oxidation sites excluding steroid dienone is 2. The fourth-order valence-corrected chi connectivity index (χ4v) is 1.98. The van der Waals surface area contributed by atoms with Crippen LogP contribution in [0.2, 0.25) is 0 Å². The van der Waals surface area contributed by atoms with E-state index in [9.17, 15) is 4.91 Å². The summed E-state index contributed by atoms with van der Waals surface area (Å²) in [6.07, 6.45) is 6.89. The van der Waals surface area contributed by atoms with Gasteiger partial charge in [-0.2, -0.15) is 0 Å². The van der Waals surface area contributed by atoms with E-state index < -0.39 is 6.17 Å². The summed E-state index contributed by atoms with van der Waals surface area (Å²) in [7, 11) is 0. The van der Waals surface area contributed by atoms with Gasteiger partial charge in [0.15, 0.2) is 6.04 Å². The van der Waals surface area contributed by atoms with Crippen molar-refractivity contribution in [2.45, 2.75) is 6.17 Å². The third-order valence-electron chi connectivity index (χ3n) is 2.78. The SMILES string of the molecule is O=N[C@@H]1[C](c2ccccc2)N=C2C=CC=CN21. The molecule has 0 amide bonds. The van der Waals surface area contributed by atoms with Crippen molar-refractivity contribution < 1.29 is 0 Å². The highest BCUT2D eigenvalue weighted by molar-refractivity contribution is 5.98. The van der Waals surface area contributed by atoms with Crippen molar-refractivity contribution in [1.29, 1.82) is 0 Å². The molecule has 1 atom stereocenters. The van der Waals surface area contributed by atoms with Crippen LogP contribution < -0.4 is 0 Å². The molecule has 2 heterocycles. The highest BCUT2D eigenvalue weighted by Gasteiger charge is 2.37. The van der Waals surface area contributed by atoms with Gasteiger partial charge in [-0.3, -0.25) is 0 Å². The molecule has 17 heavy (non-hydrogen) atoms. The summed E-state index contributed by atoms with van der Waals surface area (Å²) in [6, 6.07) is 10.3. The van der Waals surface area contributed by atoms with Crippen LogP contribution in [-0.4, -0.2) is 16.9 Å². The molecule has 0 aliphatic carbocycles. The molecule has 0 N–H and O–H groups in total. The Morgan fingerprint density at radius 3 is 2.76 bits per heavy atom. The van der Waals surface area contributed by atoms with Crippen molar-refractivity contribution in [2.24, 2.45) is 10.2 Å². The van der Waals surface area contributed by atoms with Crippen molar-refractivity contribution in [3.05, 3.63) is 71.3 Å². The van der Waals surface area contributed by atoms with E-state index in [1.165, 1.54) is 0 Å². The topological polar surface area (TPSA) is 45.0 Å². The third kappa shape index (κ3) is 1.58. The van der Waals surface area contributed by atoms with Crippen LogP contribution in [0.25, 0.3) is 0 Å². The Hall–Kier alpha value is -2.23. The average Bonchev–Trinajstić information content (AvgIpc) is 2.78. The number of benzene rings is 1. The molecule has 1 radical (unpaired) electrons. The van der Waals surface area contributed by atoms with Gasteiger partial charge in [0.25, 0.3) is 0 Å². The summed E-state index contributed by atoms with van der Waals surface area (Å²) < 4.78 is 0. The lowest BCUT2D eigenvalue weighted by molar-refractivity contribution is 0.460. The second-order valence-corrected chi connectivity index (χ2v) is 3.81. The van der Waals surface area contributed by atoms with Crippen molar-refractivity contribution in [1.82, 2.24) is 4.90 Å². The van der Waals surface area contributed by atoms with Gasteiger partial charge in [-0.1, -0.05) is 36.4 Å². The number of fused-ring (bicyclic) bond motifs is 1. The molecule has 4 heteroatoms. The highest BCUT2D eigenvalue weighted by Crippen LogP contribution is 2.32. The molecular weight excluding hydrogens is 214 g/mol. The van der Waals surface area contributed by atoms with Gasteiger partial charge >= 0.3 is 0 Å². The molecule has 0 saturated carbocycles. The Kier molecular flexibility index (Phi) is 2.33. The Morgan fingerprint density at radius 1 is 1.18 bits per heavy atom. The number of amidine groups is 1. The summed E-state index contributed by atoms with van der Waals surface area (Å²) in [5, 5.41) is 3.17. The predicted molar refractivity (Wildman–Crippen MR) is 65.9 cm³/mol. The average molecular weight is 224 g/mol. The van der Waals surface area contributed by atoms with Crippen LogP contribution in [0.4, 0.5) is 0 Å². The van der Waals surface area contributed by atoms with E-state index in [1.54, 1.807) is 4.90 Å². The minimum Gasteiger partial charge on any atom is -0.305 e. The van der Waals surface area contributed by atoms with Gasteiger partial charge in [0.05, 0.1) is 0 Å². The van der Waals surface area contributed by atoms with Crippen molar-refractivity contribution in [3.63, 3.8) is 0 Å². The number of aliphatic imine (C=N–C) groups is 1. The molecule has 0 spiro atoms. The second kappa shape index (κ2) is 3.97. The van der Waals surface area contributed by atoms with E-state index in [-0.39, 0.29) is 0 Å². The Bertz CT molecular complexity index is 519. The largest absolute Gasteiger partial charge is 0.305 e. The van der Waals surface area contributed by atoms with E-state index in [0.29, 0.717) is 6.04 Å². The second-order valence-electron chi connectivity index (χ2n) is 3.81. The van der Waals surface area contributed by atoms with E-state index in [2.05, 4.69) is 10.2 Å². The van der Waals surface area contributed by atoms with Crippen molar-refractivity contribution >= 4 is 5.84 Å². The van der Waals surface area contributed by atoms with Crippen LogP contribution in [0.5, 0.6) is 0 Å². The van der Waals surface area contributed by atoms with Gasteiger partial charge in [0, 0.05) is 6.20 Å². The molecule has 1 aromatic rings. The molecular formula is C13H10N3O. The molecule has 2 aliphatic heterocycles. The normalized spacial score (nSPS) is 22.5. The monoisotopic (exact) mass is 224 g/mol. The highest BCUT2D eigenvalue weighted by atomic mass is 16.3. The minimum absolute atomic E-state index is 0.561. The number of nitrogens with zero attached hydrogens (tertiary/aromatic N) is 3. The Morgan fingerprint density at radius 2 is 2.00 bits per heavy atom. The zero-order chi connectivity index (χ0) is 11.7. The predicted octanol–water partition coefficient (Wildman–Crippen LogP) is 2.46. The molecule has 0 unspecified atom stereocenters. The van der Waals surface area contributed by atoms with Crippen LogP contribution in [0.1, 0.15) is 5.56 Å². The first-order chi connectivity index (χ1) is 8.40. The molecule has 1 aromatic carbocycles. The molecule has 3 rings (SSSR count). The number of hydrogen-bond donors (Lipinski definition) is 0. The molecule has 0 bridgehead atoms. The summed E-state index contributed by atoms with van der Waals surface area (Å²) >= 11 is 0. The summed E-state index contributed by atoms with van der Waals surface area (Å²) in [4.78, 5) is 17.2. The van der Waals surface area contributed by atoms with E-state index in [0.717, 1.165) is 11.4 Å². The fourth-order valence-electron chi connectivity index (χ4n) is 1.98. The molecule has 0 saturated heterocycles. The molecule has 0 fully saturated rings. The standard InChI is InChI=1S/C13H10N3O/c17-15-13-12(10-6-2-1-3-7-10)14-11-8-4-5-9-16(11)13/h1-9,13H/t13-/m0/s1. The minimum atomic E-state index is -0.561. The molecule has 83 valence electrons. The lowest BCUT2D eigenvalue weighted by Crippen LogP contribution is -2.31. The first-order valence-electron chi connectivity index (χ1n) is 5.37. The van der Waals surface area contributed by atoms with Crippen LogP contribution in [-0.2, 0) is 0 Å². The summed E-state index contributed by atoms with van der Waals surface area (Å²) in [5.74, 6) is 0.760. The van der Waals surface area contributed by atoms with Gasteiger partial charge in [0.2, 0.25) is 6.17 Å². The Labute approximate surface area is 98.9 Å². The smallest absolute Gasteiger partial charge is 0.201 e. The van der Waals surface area contributed by atoms with E-state index in [4.69, 9.17) is 0 Å². The zero-order valence-electron chi connectivity index (χ0n) is 9.02. The summed E-state index contributed by atoms with van der Waals surface area (Å²) in [5.41, 5.74) is 0.931. The maximum Gasteiger partial charge on any atom is 0.201 e. The van der Waals surface area contributed by atoms with Gasteiger partial charge in [-0.25, -0.2) is 4.99 Å². The van der Waals surface area contributed by atoms with Crippen LogP contribution in [0.3, 0.4) is 0 Å². The number of rotatable bonds is 2. The van der Waals surface area contributed by atoms with Crippen LogP contribution in [0, 0.1) is 10.9 Å². The number of hydrogen-bond acceptors (Lipinski definition) is 4. The van der Waals surface area contributed by atoms with Crippen molar-refractivity contribution in [3.8, 4) is 0 Å². The van der Waals surface area contributed by atoms with Crippen LogP contribution in [0.15, 0.2) is 64.9 Å². The Balaban J connectivity index is 2.01.